The number of hydrogen-bond acceptors (Lipinski definition) is 8. The molecule has 4 heterocycles. The highest BCUT2D eigenvalue weighted by atomic mass is 16.8. The van der Waals surface area contributed by atoms with Gasteiger partial charge in [0.15, 0.2) is 35.1 Å². The van der Waals surface area contributed by atoms with E-state index in [9.17, 15) is 9.90 Å². The van der Waals surface area contributed by atoms with Gasteiger partial charge in [-0.2, -0.15) is 0 Å². The number of nitrogens with zero attached hydrogens (tertiary/aromatic N) is 4. The molecule has 0 bridgehead atoms. The Balaban J connectivity index is 1.35. The second kappa shape index (κ2) is 7.51. The first-order valence-electron chi connectivity index (χ1n) is 10.9. The SMILES string of the molecule is O=C(O)[C@H]1O[C@@H](n2cnc3c(Nc4ccccc4)ncnc32)[C@@H]2OC3(CCCCC3)O[C@@H]21. The number of imidazole rings is 1. The van der Waals surface area contributed by atoms with Crippen LogP contribution in [0.5, 0.6) is 0 Å². The van der Waals surface area contributed by atoms with Crippen molar-refractivity contribution in [3.63, 3.8) is 0 Å². The molecule has 2 saturated heterocycles. The smallest absolute Gasteiger partial charge is 0.335 e. The number of para-hydroxylation sites is 1. The van der Waals surface area contributed by atoms with Crippen LogP contribution in [0.15, 0.2) is 43.0 Å². The molecule has 4 atom stereocenters. The number of carboxylic acids is 1. The fourth-order valence-corrected chi connectivity index (χ4v) is 4.95. The van der Waals surface area contributed by atoms with Gasteiger partial charge in [-0.1, -0.05) is 24.6 Å². The van der Waals surface area contributed by atoms with Crippen molar-refractivity contribution < 1.29 is 24.1 Å². The number of anilines is 2. The summed E-state index contributed by atoms with van der Waals surface area (Å²) < 4.78 is 20.3. The van der Waals surface area contributed by atoms with E-state index in [0.717, 1.165) is 37.8 Å². The van der Waals surface area contributed by atoms with Crippen LogP contribution in [0.2, 0.25) is 0 Å². The summed E-state index contributed by atoms with van der Waals surface area (Å²) >= 11 is 0. The van der Waals surface area contributed by atoms with Gasteiger partial charge in [0.05, 0.1) is 6.33 Å². The molecule has 6 rings (SSSR count). The molecule has 3 fully saturated rings. The average molecular weight is 437 g/mol. The molecule has 2 aromatic heterocycles. The highest BCUT2D eigenvalue weighted by molar-refractivity contribution is 5.85. The second-order valence-electron chi connectivity index (χ2n) is 8.46. The van der Waals surface area contributed by atoms with Crippen LogP contribution in [-0.2, 0) is 19.0 Å². The average Bonchev–Trinajstić information content (AvgIpc) is 3.47. The van der Waals surface area contributed by atoms with E-state index in [1.54, 1.807) is 10.9 Å². The molecule has 1 aromatic carbocycles. The van der Waals surface area contributed by atoms with Gasteiger partial charge in [-0.15, -0.1) is 0 Å². The molecule has 1 spiro atoms. The van der Waals surface area contributed by atoms with E-state index in [4.69, 9.17) is 14.2 Å². The van der Waals surface area contributed by atoms with Gasteiger partial charge in [0.2, 0.25) is 0 Å². The van der Waals surface area contributed by atoms with E-state index < -0.39 is 36.3 Å². The normalized spacial score (nSPS) is 28.8. The summed E-state index contributed by atoms with van der Waals surface area (Å²) in [6.45, 7) is 0. The number of fused-ring (bicyclic) bond motifs is 2. The number of carboxylic acid groups (broad SMARTS) is 1. The molecule has 10 heteroatoms. The zero-order valence-corrected chi connectivity index (χ0v) is 17.3. The predicted molar refractivity (Wildman–Crippen MR) is 112 cm³/mol. The van der Waals surface area contributed by atoms with Crippen molar-refractivity contribution in [2.24, 2.45) is 0 Å². The van der Waals surface area contributed by atoms with Crippen LogP contribution in [0.25, 0.3) is 11.2 Å². The van der Waals surface area contributed by atoms with Crippen LogP contribution in [0.4, 0.5) is 11.5 Å². The standard InChI is InChI=1S/C22H23N5O5/c28-21(29)17-15-16(32-22(31-15)9-5-2-6-10-22)20(30-17)27-12-25-14-18(23-11-24-19(14)27)26-13-7-3-1-4-8-13/h1,3-4,7-8,11-12,15-17,20H,2,5-6,9-10H2,(H,28,29)(H,23,24,26)/t15-,16+,17-,20+/m0/s1. The Hall–Kier alpha value is -3.08. The minimum absolute atomic E-state index is 0.529. The Kier molecular flexibility index (Phi) is 4.60. The third kappa shape index (κ3) is 3.14. The summed E-state index contributed by atoms with van der Waals surface area (Å²) in [6, 6.07) is 9.65. The summed E-state index contributed by atoms with van der Waals surface area (Å²) in [6.07, 6.45) is 4.61. The van der Waals surface area contributed by atoms with E-state index in [2.05, 4.69) is 20.3 Å². The first-order chi connectivity index (χ1) is 15.6. The molecule has 10 nitrogen and oxygen atoms in total. The molecule has 0 unspecified atom stereocenters. The van der Waals surface area contributed by atoms with E-state index in [1.807, 2.05) is 30.3 Å². The van der Waals surface area contributed by atoms with Crippen molar-refractivity contribution in [3.05, 3.63) is 43.0 Å². The highest BCUT2D eigenvalue weighted by Gasteiger charge is 2.61. The van der Waals surface area contributed by atoms with E-state index in [0.29, 0.717) is 17.0 Å². The molecule has 2 aliphatic heterocycles. The van der Waals surface area contributed by atoms with E-state index in [1.165, 1.54) is 6.33 Å². The van der Waals surface area contributed by atoms with Gasteiger partial charge in [0, 0.05) is 18.5 Å². The lowest BCUT2D eigenvalue weighted by Crippen LogP contribution is -2.38. The Bertz CT molecular complexity index is 1150. The third-order valence-electron chi connectivity index (χ3n) is 6.42. The van der Waals surface area contributed by atoms with Gasteiger partial charge >= 0.3 is 5.97 Å². The van der Waals surface area contributed by atoms with Gasteiger partial charge in [0.25, 0.3) is 0 Å². The van der Waals surface area contributed by atoms with Crippen molar-refractivity contribution in [3.8, 4) is 0 Å². The Morgan fingerprint density at radius 1 is 1.06 bits per heavy atom. The number of nitrogens with one attached hydrogen (secondary N) is 1. The molecule has 166 valence electrons. The molecule has 3 aliphatic rings. The number of hydrogen-bond donors (Lipinski definition) is 2. The van der Waals surface area contributed by atoms with Gasteiger partial charge in [0.1, 0.15) is 18.5 Å². The second-order valence-corrected chi connectivity index (χ2v) is 8.46. The maximum Gasteiger partial charge on any atom is 0.335 e. The summed E-state index contributed by atoms with van der Waals surface area (Å²) in [5.74, 6) is -1.24. The summed E-state index contributed by atoms with van der Waals surface area (Å²) in [5, 5.41) is 13.0. The number of rotatable bonds is 4. The minimum Gasteiger partial charge on any atom is -0.479 e. The largest absolute Gasteiger partial charge is 0.479 e. The maximum atomic E-state index is 11.9. The third-order valence-corrected chi connectivity index (χ3v) is 6.42. The summed E-state index contributed by atoms with van der Waals surface area (Å²) in [5.41, 5.74) is 1.96. The van der Waals surface area contributed by atoms with Crippen LogP contribution >= 0.6 is 0 Å². The Morgan fingerprint density at radius 3 is 2.62 bits per heavy atom. The van der Waals surface area contributed by atoms with Crippen molar-refractivity contribution >= 4 is 28.6 Å². The molecule has 1 saturated carbocycles. The zero-order chi connectivity index (χ0) is 21.7. The molecule has 3 aromatic rings. The molecule has 2 N–H and O–H groups in total. The molecule has 1 aliphatic carbocycles. The van der Waals surface area contributed by atoms with Gasteiger partial charge in [-0.05, 0) is 25.0 Å². The Morgan fingerprint density at radius 2 is 1.84 bits per heavy atom. The van der Waals surface area contributed by atoms with Crippen LogP contribution < -0.4 is 5.32 Å². The monoisotopic (exact) mass is 437 g/mol. The topological polar surface area (TPSA) is 121 Å². The Labute approximate surface area is 183 Å². The van der Waals surface area contributed by atoms with Gasteiger partial charge in [-0.3, -0.25) is 4.57 Å². The number of carbonyl (C=O) groups is 1. The van der Waals surface area contributed by atoms with Crippen LogP contribution in [0.3, 0.4) is 0 Å². The van der Waals surface area contributed by atoms with Crippen molar-refractivity contribution in [1.82, 2.24) is 19.5 Å². The number of ether oxygens (including phenoxy) is 3. The molecular formula is C22H23N5O5. The first kappa shape index (κ1) is 19.6. The lowest BCUT2D eigenvalue weighted by molar-refractivity contribution is -0.231. The maximum absolute atomic E-state index is 11.9. The fourth-order valence-electron chi connectivity index (χ4n) is 4.95. The molecule has 0 radical (unpaired) electrons. The number of aliphatic carboxylic acids is 1. The summed E-state index contributed by atoms with van der Waals surface area (Å²) in [4.78, 5) is 25.2. The number of benzene rings is 1. The molecular weight excluding hydrogens is 414 g/mol. The predicted octanol–water partition coefficient (Wildman–Crippen LogP) is 3.00. The molecule has 32 heavy (non-hydrogen) atoms. The van der Waals surface area contributed by atoms with Gasteiger partial charge < -0.3 is 24.6 Å². The highest BCUT2D eigenvalue weighted by Crippen LogP contribution is 2.49. The quantitative estimate of drug-likeness (QED) is 0.634. The van der Waals surface area contributed by atoms with Crippen LogP contribution in [-0.4, -0.2) is 54.7 Å². The lowest BCUT2D eigenvalue weighted by atomic mass is 9.94. The van der Waals surface area contributed by atoms with Gasteiger partial charge in [-0.25, -0.2) is 19.7 Å². The lowest BCUT2D eigenvalue weighted by Gasteiger charge is -2.33. The molecule has 0 amide bonds. The first-order valence-corrected chi connectivity index (χ1v) is 10.9. The van der Waals surface area contributed by atoms with E-state index >= 15 is 0 Å². The van der Waals surface area contributed by atoms with E-state index in [-0.39, 0.29) is 0 Å². The minimum atomic E-state index is -1.12. The van der Waals surface area contributed by atoms with Crippen molar-refractivity contribution in [2.45, 2.75) is 62.4 Å². The van der Waals surface area contributed by atoms with Crippen LogP contribution in [0, 0.1) is 0 Å². The van der Waals surface area contributed by atoms with Crippen molar-refractivity contribution in [2.75, 3.05) is 5.32 Å². The zero-order valence-electron chi connectivity index (χ0n) is 17.3. The number of aromatic nitrogens is 4. The fraction of sp³-hybridized carbons (Fsp3) is 0.455. The summed E-state index contributed by atoms with van der Waals surface area (Å²) in [7, 11) is 0. The van der Waals surface area contributed by atoms with Crippen molar-refractivity contribution in [1.29, 1.82) is 0 Å². The van der Waals surface area contributed by atoms with Crippen LogP contribution in [0.1, 0.15) is 38.3 Å².